The quantitative estimate of drug-likeness (QED) is 0.645. The number of aryl methyl sites for hydroxylation is 1. The third-order valence-electron chi connectivity index (χ3n) is 5.01. The van der Waals surface area contributed by atoms with E-state index >= 15 is 0 Å². The van der Waals surface area contributed by atoms with Crippen molar-refractivity contribution in [3.8, 4) is 11.6 Å². The molecule has 1 aromatic carbocycles. The van der Waals surface area contributed by atoms with E-state index in [1.54, 1.807) is 18.3 Å². The molecule has 4 rings (SSSR count). The predicted molar refractivity (Wildman–Crippen MR) is 112 cm³/mol. The van der Waals surface area contributed by atoms with Gasteiger partial charge in [0.05, 0.1) is 19.3 Å². The molecule has 1 unspecified atom stereocenters. The van der Waals surface area contributed by atoms with E-state index < -0.39 is 0 Å². The van der Waals surface area contributed by atoms with Gasteiger partial charge in [-0.05, 0) is 43.3 Å². The average molecular weight is 407 g/mol. The number of nitrogens with one attached hydrogen (secondary N) is 1. The molecule has 1 aliphatic heterocycles. The molecule has 30 heavy (non-hydrogen) atoms. The fraction of sp³-hybridized carbons (Fsp3) is 0.304. The number of furan rings is 1. The molecule has 3 heterocycles. The van der Waals surface area contributed by atoms with Crippen molar-refractivity contribution in [1.82, 2.24) is 15.2 Å². The minimum absolute atomic E-state index is 0.0679. The molecule has 0 aliphatic carbocycles. The minimum Gasteiger partial charge on any atom is -0.465 e. The summed E-state index contributed by atoms with van der Waals surface area (Å²) in [6.07, 6.45) is 1.61. The van der Waals surface area contributed by atoms with Gasteiger partial charge in [-0.25, -0.2) is 4.98 Å². The van der Waals surface area contributed by atoms with Gasteiger partial charge in [0.1, 0.15) is 22.8 Å². The van der Waals surface area contributed by atoms with Crippen LogP contribution < -0.4 is 10.1 Å². The summed E-state index contributed by atoms with van der Waals surface area (Å²) in [6, 6.07) is 16.6. The molecule has 1 atom stereocenters. The van der Waals surface area contributed by atoms with Crippen molar-refractivity contribution in [3.05, 3.63) is 77.9 Å². The lowest BCUT2D eigenvalue weighted by molar-refractivity contribution is 0.0117. The van der Waals surface area contributed by atoms with Crippen molar-refractivity contribution in [2.45, 2.75) is 13.0 Å². The van der Waals surface area contributed by atoms with Crippen molar-refractivity contribution in [2.75, 3.05) is 32.8 Å². The molecule has 3 aromatic rings. The van der Waals surface area contributed by atoms with E-state index in [4.69, 9.17) is 13.9 Å². The van der Waals surface area contributed by atoms with Crippen LogP contribution in [0.15, 0.2) is 65.2 Å². The Hall–Kier alpha value is -3.16. The van der Waals surface area contributed by atoms with Crippen molar-refractivity contribution in [3.63, 3.8) is 0 Å². The van der Waals surface area contributed by atoms with Crippen LogP contribution in [-0.2, 0) is 4.74 Å². The predicted octanol–water partition coefficient (Wildman–Crippen LogP) is 3.58. The van der Waals surface area contributed by atoms with Crippen LogP contribution in [0.1, 0.15) is 27.9 Å². The first kappa shape index (κ1) is 20.1. The average Bonchev–Trinajstić information content (AvgIpc) is 3.21. The molecule has 1 fully saturated rings. The molecule has 7 heteroatoms. The third-order valence-corrected chi connectivity index (χ3v) is 5.01. The first-order chi connectivity index (χ1) is 14.7. The third kappa shape index (κ3) is 4.87. The van der Waals surface area contributed by atoms with Crippen LogP contribution in [0.2, 0.25) is 0 Å². The Bertz CT molecular complexity index is 967. The maximum atomic E-state index is 13.0. The Morgan fingerprint density at radius 3 is 2.67 bits per heavy atom. The fourth-order valence-corrected chi connectivity index (χ4v) is 3.46. The van der Waals surface area contributed by atoms with Crippen molar-refractivity contribution in [2.24, 2.45) is 0 Å². The largest absolute Gasteiger partial charge is 0.465 e. The summed E-state index contributed by atoms with van der Waals surface area (Å²) < 4.78 is 17.2. The molecule has 1 saturated heterocycles. The van der Waals surface area contributed by atoms with Crippen molar-refractivity contribution >= 4 is 5.91 Å². The summed E-state index contributed by atoms with van der Waals surface area (Å²) in [4.78, 5) is 19.5. The summed E-state index contributed by atoms with van der Waals surface area (Å²) >= 11 is 0. The van der Waals surface area contributed by atoms with Gasteiger partial charge in [0.15, 0.2) is 0 Å². The van der Waals surface area contributed by atoms with Crippen LogP contribution in [0.5, 0.6) is 11.6 Å². The number of ether oxygens (including phenoxy) is 2. The summed E-state index contributed by atoms with van der Waals surface area (Å²) in [5, 5.41) is 3.03. The Balaban J connectivity index is 1.48. The van der Waals surface area contributed by atoms with Crippen LogP contribution in [0.3, 0.4) is 0 Å². The highest BCUT2D eigenvalue weighted by Gasteiger charge is 2.26. The smallest absolute Gasteiger partial charge is 0.256 e. The Morgan fingerprint density at radius 2 is 1.93 bits per heavy atom. The Labute approximate surface area is 175 Å². The highest BCUT2D eigenvalue weighted by Crippen LogP contribution is 2.25. The second-order valence-electron chi connectivity index (χ2n) is 7.09. The molecule has 0 bridgehead atoms. The number of amides is 1. The first-order valence-corrected chi connectivity index (χ1v) is 10.0. The van der Waals surface area contributed by atoms with E-state index in [-0.39, 0.29) is 17.8 Å². The van der Waals surface area contributed by atoms with Gasteiger partial charge in [-0.3, -0.25) is 9.69 Å². The molecule has 1 N–H and O–H groups in total. The molecular weight excluding hydrogens is 382 g/mol. The number of carbonyl (C=O) groups excluding carboxylic acids is 1. The van der Waals surface area contributed by atoms with Gasteiger partial charge >= 0.3 is 0 Å². The van der Waals surface area contributed by atoms with Gasteiger partial charge in [-0.2, -0.15) is 0 Å². The van der Waals surface area contributed by atoms with Crippen LogP contribution in [0, 0.1) is 6.92 Å². The van der Waals surface area contributed by atoms with Gasteiger partial charge in [0.25, 0.3) is 5.91 Å². The highest BCUT2D eigenvalue weighted by atomic mass is 16.5. The van der Waals surface area contributed by atoms with E-state index in [0.717, 1.165) is 24.6 Å². The maximum absolute atomic E-state index is 13.0. The number of nitrogens with zero attached hydrogens (tertiary/aromatic N) is 2. The molecule has 0 spiro atoms. The molecule has 2 aromatic heterocycles. The van der Waals surface area contributed by atoms with Gasteiger partial charge in [-0.15, -0.1) is 0 Å². The second kappa shape index (κ2) is 9.56. The zero-order chi connectivity index (χ0) is 20.8. The van der Waals surface area contributed by atoms with Gasteiger partial charge < -0.3 is 19.2 Å². The molecule has 1 amide bonds. The van der Waals surface area contributed by atoms with E-state index in [1.165, 1.54) is 0 Å². The van der Waals surface area contributed by atoms with Crippen LogP contribution in [0.4, 0.5) is 0 Å². The Kier molecular flexibility index (Phi) is 6.41. The number of carbonyl (C=O) groups is 1. The number of benzene rings is 1. The summed E-state index contributed by atoms with van der Waals surface area (Å²) in [7, 11) is 0. The molecule has 156 valence electrons. The number of para-hydroxylation sites is 1. The topological polar surface area (TPSA) is 76.8 Å². The molecule has 1 aliphatic rings. The second-order valence-corrected chi connectivity index (χ2v) is 7.09. The zero-order valence-corrected chi connectivity index (χ0v) is 16.9. The SMILES string of the molecule is Cc1ccc(C(CNC(=O)c2cccnc2Oc2ccccc2)N2CCOCC2)o1. The van der Waals surface area contributed by atoms with Crippen molar-refractivity contribution in [1.29, 1.82) is 0 Å². The van der Waals surface area contributed by atoms with E-state index in [0.29, 0.717) is 31.1 Å². The van der Waals surface area contributed by atoms with Crippen LogP contribution >= 0.6 is 0 Å². The zero-order valence-electron chi connectivity index (χ0n) is 16.9. The number of aromatic nitrogens is 1. The van der Waals surface area contributed by atoms with Crippen LogP contribution in [0.25, 0.3) is 0 Å². The number of pyridine rings is 1. The van der Waals surface area contributed by atoms with Crippen LogP contribution in [-0.4, -0.2) is 48.6 Å². The van der Waals surface area contributed by atoms with E-state index in [2.05, 4.69) is 15.2 Å². The molecule has 0 radical (unpaired) electrons. The summed E-state index contributed by atoms with van der Waals surface area (Å²) in [5.74, 6) is 2.35. The highest BCUT2D eigenvalue weighted by molar-refractivity contribution is 5.96. The van der Waals surface area contributed by atoms with E-state index in [9.17, 15) is 4.79 Å². The normalized spacial score (nSPS) is 15.5. The summed E-state index contributed by atoms with van der Waals surface area (Å²) in [5.41, 5.74) is 0.387. The number of morpholine rings is 1. The van der Waals surface area contributed by atoms with Gasteiger partial charge in [-0.1, -0.05) is 18.2 Å². The lowest BCUT2D eigenvalue weighted by Gasteiger charge is -2.33. The Morgan fingerprint density at radius 1 is 1.13 bits per heavy atom. The van der Waals surface area contributed by atoms with E-state index in [1.807, 2.05) is 49.4 Å². The number of hydrogen-bond acceptors (Lipinski definition) is 6. The monoisotopic (exact) mass is 407 g/mol. The molecule has 7 nitrogen and oxygen atoms in total. The minimum atomic E-state index is -0.240. The van der Waals surface area contributed by atoms with Gasteiger partial charge in [0.2, 0.25) is 5.88 Å². The summed E-state index contributed by atoms with van der Waals surface area (Å²) in [6.45, 7) is 5.24. The standard InChI is InChI=1S/C23H25N3O4/c1-17-9-10-21(29-17)20(26-12-14-28-15-13-26)16-25-22(27)19-8-5-11-24-23(19)30-18-6-3-2-4-7-18/h2-11,20H,12-16H2,1H3,(H,25,27). The van der Waals surface area contributed by atoms with Gasteiger partial charge in [0, 0.05) is 25.8 Å². The molecule has 0 saturated carbocycles. The molecular formula is C23H25N3O4. The number of hydrogen-bond donors (Lipinski definition) is 1. The first-order valence-electron chi connectivity index (χ1n) is 10.0. The lowest BCUT2D eigenvalue weighted by atomic mass is 10.1. The maximum Gasteiger partial charge on any atom is 0.256 e. The number of rotatable bonds is 7. The fourth-order valence-electron chi connectivity index (χ4n) is 3.46. The lowest BCUT2D eigenvalue weighted by Crippen LogP contribution is -2.43. The van der Waals surface area contributed by atoms with Crippen molar-refractivity contribution < 1.29 is 18.7 Å².